The van der Waals surface area contributed by atoms with Crippen LogP contribution in [0.2, 0.25) is 5.15 Å². The van der Waals surface area contributed by atoms with Crippen molar-refractivity contribution in [3.05, 3.63) is 39.4 Å². The number of nitrogens with one attached hydrogen (secondary N) is 1. The lowest BCUT2D eigenvalue weighted by atomic mass is 9.91. The molecule has 0 atom stereocenters. The molecular formula is C14H18ClN3OS. The zero-order valence-corrected chi connectivity index (χ0v) is 13.4. The lowest BCUT2D eigenvalue weighted by molar-refractivity contribution is 0.178. The third-order valence-electron chi connectivity index (χ3n) is 2.91. The van der Waals surface area contributed by atoms with Crippen molar-refractivity contribution in [1.82, 2.24) is 9.97 Å². The van der Waals surface area contributed by atoms with Gasteiger partial charge in [0.05, 0.1) is 0 Å². The molecule has 4 nitrogen and oxygen atoms in total. The predicted molar refractivity (Wildman–Crippen MR) is 83.6 cm³/mol. The lowest BCUT2D eigenvalue weighted by Crippen LogP contribution is -2.27. The molecule has 108 valence electrons. The maximum absolute atomic E-state index is 5.99. The van der Waals surface area contributed by atoms with Gasteiger partial charge in [0.1, 0.15) is 17.6 Å². The first-order valence-electron chi connectivity index (χ1n) is 6.31. The smallest absolute Gasteiger partial charge is 0.158 e. The van der Waals surface area contributed by atoms with E-state index in [1.54, 1.807) is 24.5 Å². The highest BCUT2D eigenvalue weighted by atomic mass is 35.5. The quantitative estimate of drug-likeness (QED) is 0.826. The van der Waals surface area contributed by atoms with Crippen LogP contribution in [0.15, 0.2) is 23.6 Å². The van der Waals surface area contributed by atoms with E-state index in [0.29, 0.717) is 17.6 Å². The predicted octanol–water partition coefficient (Wildman–Crippen LogP) is 3.73. The highest BCUT2D eigenvalue weighted by Crippen LogP contribution is 2.27. The van der Waals surface area contributed by atoms with Gasteiger partial charge in [-0.2, -0.15) is 0 Å². The maximum atomic E-state index is 5.99. The summed E-state index contributed by atoms with van der Waals surface area (Å²) in [6, 6.07) is 5.95. The van der Waals surface area contributed by atoms with E-state index in [9.17, 15) is 0 Å². The Bertz CT molecular complexity index is 558. The number of ether oxygens (including phenoxy) is 1. The van der Waals surface area contributed by atoms with E-state index in [1.807, 2.05) is 0 Å². The number of aromatic nitrogens is 2. The normalized spacial score (nSPS) is 11.6. The topological polar surface area (TPSA) is 47.0 Å². The minimum absolute atomic E-state index is 0.0347. The van der Waals surface area contributed by atoms with Crippen molar-refractivity contribution in [1.29, 1.82) is 0 Å². The second-order valence-corrected chi connectivity index (χ2v) is 6.47. The van der Waals surface area contributed by atoms with Gasteiger partial charge in [0.15, 0.2) is 5.82 Å². The molecule has 0 aromatic carbocycles. The molecule has 0 aliphatic carbocycles. The summed E-state index contributed by atoms with van der Waals surface area (Å²) in [4.78, 5) is 9.82. The number of thiophene rings is 1. The molecule has 0 bridgehead atoms. The van der Waals surface area contributed by atoms with Crippen LogP contribution in [0.1, 0.15) is 24.5 Å². The molecule has 0 fully saturated rings. The Balaban J connectivity index is 2.07. The van der Waals surface area contributed by atoms with Crippen molar-refractivity contribution in [2.75, 3.05) is 19.0 Å². The fourth-order valence-electron chi connectivity index (χ4n) is 1.81. The monoisotopic (exact) mass is 311 g/mol. The lowest BCUT2D eigenvalue weighted by Gasteiger charge is -2.24. The fraction of sp³-hybridized carbons (Fsp3) is 0.429. The van der Waals surface area contributed by atoms with E-state index in [1.165, 1.54) is 4.88 Å². The molecule has 0 aliphatic heterocycles. The van der Waals surface area contributed by atoms with Gasteiger partial charge in [-0.05, 0) is 11.4 Å². The molecule has 0 saturated heterocycles. The minimum Gasteiger partial charge on any atom is -0.377 e. The molecule has 2 rings (SSSR count). The first-order valence-corrected chi connectivity index (χ1v) is 7.57. The van der Waals surface area contributed by atoms with Gasteiger partial charge in [0.25, 0.3) is 0 Å². The molecule has 1 N–H and O–H groups in total. The Labute approximate surface area is 128 Å². The standard InChI is InChI=1S/C14H18ClN3OS/c1-14(2,10-5-4-6-20-10)9-16-12-7-11(15)17-13(18-12)8-19-3/h4-7H,8-9H2,1-3H3,(H,16,17,18). The Kier molecular flexibility index (Phi) is 4.96. The average molecular weight is 312 g/mol. The van der Waals surface area contributed by atoms with Crippen molar-refractivity contribution in [3.63, 3.8) is 0 Å². The van der Waals surface area contributed by atoms with Gasteiger partial charge < -0.3 is 10.1 Å². The second kappa shape index (κ2) is 6.52. The van der Waals surface area contributed by atoms with E-state index < -0.39 is 0 Å². The number of nitrogens with zero attached hydrogens (tertiary/aromatic N) is 2. The Morgan fingerprint density at radius 1 is 1.40 bits per heavy atom. The molecule has 0 amide bonds. The molecule has 6 heteroatoms. The highest BCUT2D eigenvalue weighted by molar-refractivity contribution is 7.10. The van der Waals surface area contributed by atoms with Crippen molar-refractivity contribution >= 4 is 28.8 Å². The minimum atomic E-state index is 0.0347. The molecule has 2 heterocycles. The molecular weight excluding hydrogens is 294 g/mol. The number of halogens is 1. The van der Waals surface area contributed by atoms with Gasteiger partial charge in [0.2, 0.25) is 0 Å². The maximum Gasteiger partial charge on any atom is 0.158 e. The average Bonchev–Trinajstić information content (AvgIpc) is 2.91. The molecule has 0 aliphatic rings. The van der Waals surface area contributed by atoms with Gasteiger partial charge >= 0.3 is 0 Å². The van der Waals surface area contributed by atoms with E-state index in [4.69, 9.17) is 16.3 Å². The summed E-state index contributed by atoms with van der Waals surface area (Å²) in [6.07, 6.45) is 0. The third kappa shape index (κ3) is 3.91. The zero-order chi connectivity index (χ0) is 14.6. The third-order valence-corrected chi connectivity index (χ3v) is 4.34. The Hall–Kier alpha value is -1.17. The van der Waals surface area contributed by atoms with Crippen LogP contribution in [-0.4, -0.2) is 23.6 Å². The summed E-state index contributed by atoms with van der Waals surface area (Å²) >= 11 is 7.75. The van der Waals surface area contributed by atoms with Crippen molar-refractivity contribution in [3.8, 4) is 0 Å². The number of methoxy groups -OCH3 is 1. The Morgan fingerprint density at radius 2 is 2.20 bits per heavy atom. The summed E-state index contributed by atoms with van der Waals surface area (Å²) in [6.45, 7) is 5.52. The molecule has 2 aromatic heterocycles. The van der Waals surface area contributed by atoms with Crippen LogP contribution in [0.5, 0.6) is 0 Å². The first-order chi connectivity index (χ1) is 9.51. The fourth-order valence-corrected chi connectivity index (χ4v) is 2.86. The SMILES string of the molecule is COCc1nc(Cl)cc(NCC(C)(C)c2cccs2)n1. The van der Waals surface area contributed by atoms with Crippen LogP contribution in [0.3, 0.4) is 0 Å². The number of hydrogen-bond acceptors (Lipinski definition) is 5. The summed E-state index contributed by atoms with van der Waals surface area (Å²) in [5.74, 6) is 1.30. The van der Waals surface area contributed by atoms with E-state index in [-0.39, 0.29) is 5.41 Å². The molecule has 0 spiro atoms. The number of hydrogen-bond donors (Lipinski definition) is 1. The van der Waals surface area contributed by atoms with E-state index in [2.05, 4.69) is 46.6 Å². The first kappa shape index (κ1) is 15.2. The number of anilines is 1. The van der Waals surface area contributed by atoms with Gasteiger partial charge in [-0.1, -0.05) is 31.5 Å². The Morgan fingerprint density at radius 3 is 2.85 bits per heavy atom. The highest BCUT2D eigenvalue weighted by Gasteiger charge is 2.21. The van der Waals surface area contributed by atoms with Crippen LogP contribution < -0.4 is 5.32 Å². The van der Waals surface area contributed by atoms with E-state index in [0.717, 1.165) is 12.4 Å². The van der Waals surface area contributed by atoms with Crippen LogP contribution in [0.25, 0.3) is 0 Å². The molecule has 0 saturated carbocycles. The molecule has 2 aromatic rings. The summed E-state index contributed by atoms with van der Waals surface area (Å²) in [5, 5.41) is 5.84. The van der Waals surface area contributed by atoms with Crippen LogP contribution in [0.4, 0.5) is 5.82 Å². The van der Waals surface area contributed by atoms with Crippen molar-refractivity contribution in [2.45, 2.75) is 25.9 Å². The van der Waals surface area contributed by atoms with Crippen LogP contribution >= 0.6 is 22.9 Å². The largest absolute Gasteiger partial charge is 0.377 e. The summed E-state index contributed by atoms with van der Waals surface area (Å²) < 4.78 is 5.03. The number of rotatable bonds is 6. The van der Waals surface area contributed by atoms with Crippen molar-refractivity contribution < 1.29 is 4.74 Å². The van der Waals surface area contributed by atoms with Crippen LogP contribution in [-0.2, 0) is 16.8 Å². The van der Waals surface area contributed by atoms with Gasteiger partial charge in [-0.25, -0.2) is 9.97 Å². The summed E-state index contributed by atoms with van der Waals surface area (Å²) in [7, 11) is 1.61. The van der Waals surface area contributed by atoms with Gasteiger partial charge in [-0.15, -0.1) is 11.3 Å². The second-order valence-electron chi connectivity index (χ2n) is 5.14. The zero-order valence-electron chi connectivity index (χ0n) is 11.8. The molecule has 20 heavy (non-hydrogen) atoms. The molecule has 0 unspecified atom stereocenters. The molecule has 0 radical (unpaired) electrons. The summed E-state index contributed by atoms with van der Waals surface area (Å²) in [5.41, 5.74) is 0.0347. The van der Waals surface area contributed by atoms with Crippen molar-refractivity contribution in [2.24, 2.45) is 0 Å². The van der Waals surface area contributed by atoms with Gasteiger partial charge in [-0.3, -0.25) is 0 Å². The van der Waals surface area contributed by atoms with Crippen LogP contribution in [0, 0.1) is 0 Å². The van der Waals surface area contributed by atoms with Gasteiger partial charge in [0, 0.05) is 30.0 Å². The van der Waals surface area contributed by atoms with E-state index >= 15 is 0 Å².